The number of ether oxygens (including phenoxy) is 4. The van der Waals surface area contributed by atoms with Crippen LogP contribution in [0.1, 0.15) is 39.8 Å². The summed E-state index contributed by atoms with van der Waals surface area (Å²) in [4.78, 5) is 39.9. The van der Waals surface area contributed by atoms with Crippen LogP contribution in [0, 0.1) is 34.9 Å². The Balaban J connectivity index is 0.000000502. The molecule has 0 aliphatic heterocycles. The second-order valence-electron chi connectivity index (χ2n) is 9.78. The summed E-state index contributed by atoms with van der Waals surface area (Å²) in [6, 6.07) is 13.2. The Morgan fingerprint density at radius 2 is 1.19 bits per heavy atom. The van der Waals surface area contributed by atoms with Crippen molar-refractivity contribution in [2.45, 2.75) is 41.5 Å². The second-order valence-corrected chi connectivity index (χ2v) is 10.7. The van der Waals surface area contributed by atoms with Crippen LogP contribution in [-0.4, -0.2) is 30.1 Å². The summed E-state index contributed by atoms with van der Waals surface area (Å²) < 4.78 is 49.7. The van der Waals surface area contributed by atoms with E-state index in [9.17, 15) is 28.5 Å². The fraction of sp³-hybridized carbons (Fsp3) is 0.222. The summed E-state index contributed by atoms with van der Waals surface area (Å²) in [5, 5.41) is 11.6. The third kappa shape index (κ3) is 12.1. The number of nitrogens with zero attached hydrogens (tertiary/aromatic N) is 3. The highest BCUT2D eigenvalue weighted by Gasteiger charge is 2.25. The Kier molecular flexibility index (Phi) is 17.5. The highest BCUT2D eigenvalue weighted by Crippen LogP contribution is 2.38. The molecule has 12 nitrogen and oxygen atoms in total. The van der Waals surface area contributed by atoms with Gasteiger partial charge in [-0.3, -0.25) is 19.7 Å². The summed E-state index contributed by atoms with van der Waals surface area (Å²) in [7, 11) is 0. The number of nitrogen functional groups attached to an aromatic ring is 1. The molecule has 4 aromatic carbocycles. The average Bonchev–Trinajstić information content (AvgIpc) is 3.06. The van der Waals surface area contributed by atoms with Crippen LogP contribution in [-0.2, 0) is 31.9 Å². The molecule has 0 saturated heterocycles. The summed E-state index contributed by atoms with van der Waals surface area (Å²) in [5.41, 5.74) is 5.56. The molecule has 0 aliphatic rings. The molecule has 0 heterocycles. The zero-order valence-corrected chi connectivity index (χ0v) is 27.8. The molecule has 0 bridgehead atoms. The van der Waals surface area contributed by atoms with Gasteiger partial charge in [-0.25, -0.2) is 18.5 Å². The van der Waals surface area contributed by atoms with E-state index in [0.29, 0.717) is 0 Å². The monoisotopic (exact) mass is 758 g/mol. The number of halogens is 4. The Bertz CT molecular complexity index is 2020. The van der Waals surface area contributed by atoms with Gasteiger partial charge in [0.25, 0.3) is 0 Å². The summed E-state index contributed by atoms with van der Waals surface area (Å²) in [6.45, 7) is 17.6. The van der Waals surface area contributed by atoms with Gasteiger partial charge in [0.2, 0.25) is 5.75 Å². The topological polar surface area (TPSA) is 149 Å². The van der Waals surface area contributed by atoms with Crippen molar-refractivity contribution in [3.05, 3.63) is 126 Å². The van der Waals surface area contributed by atoms with Crippen LogP contribution >= 0.6 is 23.2 Å². The van der Waals surface area contributed by atoms with Crippen LogP contribution in [0.2, 0.25) is 10.0 Å². The first-order chi connectivity index (χ1) is 23.8. The van der Waals surface area contributed by atoms with E-state index in [2.05, 4.69) is 9.69 Å². The first kappa shape index (κ1) is 44.1. The van der Waals surface area contributed by atoms with Crippen LogP contribution in [0.25, 0.3) is 9.69 Å². The molecule has 0 spiro atoms. The molecule has 52 heavy (non-hydrogen) atoms. The van der Waals surface area contributed by atoms with Crippen LogP contribution in [0.3, 0.4) is 0 Å². The summed E-state index contributed by atoms with van der Waals surface area (Å²) in [6.07, 6.45) is -0.643. The lowest BCUT2D eigenvalue weighted by Gasteiger charge is -2.13. The van der Waals surface area contributed by atoms with E-state index in [-0.39, 0.29) is 90.0 Å². The lowest BCUT2D eigenvalue weighted by molar-refractivity contribution is -0.385. The average molecular weight is 760 g/mol. The van der Waals surface area contributed by atoms with Crippen LogP contribution in [0.15, 0.2) is 60.7 Å². The highest BCUT2D eigenvalue weighted by atomic mass is 35.5. The molecule has 0 fully saturated rings. The van der Waals surface area contributed by atoms with Gasteiger partial charge in [0.15, 0.2) is 28.8 Å². The van der Waals surface area contributed by atoms with Crippen LogP contribution < -0.4 is 15.2 Å². The number of carbonyl (C=O) groups is 2. The van der Waals surface area contributed by atoms with Crippen molar-refractivity contribution >= 4 is 57.9 Å². The van der Waals surface area contributed by atoms with Crippen LogP contribution in [0.4, 0.5) is 31.5 Å². The standard InChI is InChI=1S/C17H12ClFN2O5.C17H14ClFN2O3.2CH4/c1-3-25-15(22)6-10-4-5-14(21(23)24)17(16(10)19)26-13-8-11(18)7-12(9-13)20-2;1-3-23-15(22)6-10-4-5-14(20)17(16(10)19)24-13-8-11(18)7-12(9-13)21-2;;/h4-5,7-9H,3,6H2,1H3;4-5,7-9H,3,6,20H2,1H3;2*1H4. The first-order valence-electron chi connectivity index (χ1n) is 14.4. The van der Waals surface area contributed by atoms with Gasteiger partial charge in [0, 0.05) is 27.2 Å². The summed E-state index contributed by atoms with van der Waals surface area (Å²) >= 11 is 11.8. The van der Waals surface area contributed by atoms with Gasteiger partial charge in [-0.05, 0) is 62.4 Å². The second kappa shape index (κ2) is 20.7. The van der Waals surface area contributed by atoms with Gasteiger partial charge in [0.05, 0.1) is 49.8 Å². The molecular formula is C36H34Cl2F2N4O8. The van der Waals surface area contributed by atoms with Gasteiger partial charge < -0.3 is 24.7 Å². The van der Waals surface area contributed by atoms with Crippen molar-refractivity contribution in [2.75, 3.05) is 18.9 Å². The minimum absolute atomic E-state index is 0. The molecule has 0 unspecified atom stereocenters. The predicted octanol–water partition coefficient (Wildman–Crippen LogP) is 10.6. The Hall–Kier alpha value is -5.96. The van der Waals surface area contributed by atoms with Gasteiger partial charge in [0.1, 0.15) is 11.5 Å². The normalized spacial score (nSPS) is 9.69. The number of hydrogen-bond acceptors (Lipinski definition) is 9. The molecule has 4 aromatic rings. The number of rotatable bonds is 11. The minimum Gasteiger partial charge on any atom is -0.466 e. The van der Waals surface area contributed by atoms with E-state index in [1.807, 2.05) is 0 Å². The molecule has 0 aliphatic carbocycles. The molecule has 0 saturated carbocycles. The van der Waals surface area contributed by atoms with Crippen LogP contribution in [0.5, 0.6) is 23.0 Å². The number of anilines is 1. The largest absolute Gasteiger partial charge is 0.466 e. The zero-order valence-electron chi connectivity index (χ0n) is 26.3. The lowest BCUT2D eigenvalue weighted by Crippen LogP contribution is -2.10. The maximum Gasteiger partial charge on any atom is 0.314 e. The molecule has 0 radical (unpaired) electrons. The molecular weight excluding hydrogens is 725 g/mol. The molecule has 4 rings (SSSR count). The minimum atomic E-state index is -1.06. The third-order valence-corrected chi connectivity index (χ3v) is 6.69. The number of nitro groups is 1. The van der Waals surface area contributed by atoms with Crippen molar-refractivity contribution in [1.29, 1.82) is 0 Å². The van der Waals surface area contributed by atoms with E-state index < -0.39 is 46.4 Å². The van der Waals surface area contributed by atoms with Crippen molar-refractivity contribution < 1.29 is 42.2 Å². The van der Waals surface area contributed by atoms with Gasteiger partial charge in [-0.15, -0.1) is 0 Å². The quantitative estimate of drug-likeness (QED) is 0.0518. The predicted molar refractivity (Wildman–Crippen MR) is 194 cm³/mol. The number of benzene rings is 4. The van der Waals surface area contributed by atoms with E-state index in [1.165, 1.54) is 48.5 Å². The zero-order chi connectivity index (χ0) is 37.0. The SMILES string of the molecule is C.C.[C-]#[N+]c1cc(Cl)cc(Oc2c(N)ccc(CC(=O)OCC)c2F)c1.[C-]#[N+]c1cc(Cl)cc(Oc2c([N+](=O)[O-])ccc(CC(=O)OCC)c2F)c1. The van der Waals surface area contributed by atoms with Gasteiger partial charge in [-0.2, -0.15) is 0 Å². The van der Waals surface area contributed by atoms with E-state index >= 15 is 0 Å². The Morgan fingerprint density at radius 3 is 1.62 bits per heavy atom. The smallest absolute Gasteiger partial charge is 0.314 e. The first-order valence-corrected chi connectivity index (χ1v) is 15.1. The van der Waals surface area contributed by atoms with Crippen molar-refractivity contribution in [2.24, 2.45) is 0 Å². The fourth-order valence-electron chi connectivity index (χ4n) is 4.13. The van der Waals surface area contributed by atoms with Crippen molar-refractivity contribution in [1.82, 2.24) is 0 Å². The van der Waals surface area contributed by atoms with E-state index in [4.69, 9.17) is 61.0 Å². The Morgan fingerprint density at radius 1 is 0.769 bits per heavy atom. The number of carbonyl (C=O) groups excluding carboxylic acids is 2. The molecule has 16 heteroatoms. The van der Waals surface area contributed by atoms with Crippen molar-refractivity contribution in [3.8, 4) is 23.0 Å². The highest BCUT2D eigenvalue weighted by molar-refractivity contribution is 6.31. The molecule has 0 atom stereocenters. The summed E-state index contributed by atoms with van der Waals surface area (Å²) in [5.74, 6) is -3.81. The van der Waals surface area contributed by atoms with Crippen molar-refractivity contribution in [3.63, 3.8) is 0 Å². The number of nitro benzene ring substituents is 1. The molecule has 0 aromatic heterocycles. The van der Waals surface area contributed by atoms with E-state index in [1.54, 1.807) is 13.8 Å². The number of hydrogen-bond donors (Lipinski definition) is 1. The number of nitrogens with two attached hydrogens (primary N) is 1. The fourth-order valence-corrected chi connectivity index (χ4v) is 4.57. The Labute approximate surface area is 309 Å². The maximum absolute atomic E-state index is 14.7. The molecule has 274 valence electrons. The number of esters is 2. The molecule has 0 amide bonds. The lowest BCUT2D eigenvalue weighted by atomic mass is 10.1. The van der Waals surface area contributed by atoms with E-state index in [0.717, 1.165) is 12.1 Å². The van der Waals surface area contributed by atoms with Gasteiger partial charge in [-0.1, -0.05) is 44.1 Å². The molecule has 2 N–H and O–H groups in total. The van der Waals surface area contributed by atoms with Gasteiger partial charge >= 0.3 is 17.6 Å². The third-order valence-electron chi connectivity index (χ3n) is 6.25. The maximum atomic E-state index is 14.7.